The van der Waals surface area contributed by atoms with Crippen molar-refractivity contribution in [2.45, 2.75) is 26.4 Å². The first-order valence-electron chi connectivity index (χ1n) is 4.94. The average Bonchev–Trinajstić information content (AvgIpc) is 2.14. The molecule has 0 fully saturated rings. The highest BCUT2D eigenvalue weighted by atomic mass is 16.3. The van der Waals surface area contributed by atoms with Crippen LogP contribution in [0.15, 0.2) is 6.07 Å². The van der Waals surface area contributed by atoms with Crippen molar-refractivity contribution in [2.75, 3.05) is 19.4 Å². The van der Waals surface area contributed by atoms with Crippen LogP contribution in [-0.4, -0.2) is 39.7 Å². The lowest BCUT2D eigenvalue weighted by Gasteiger charge is -2.21. The monoisotopic (exact) mass is 210 g/mol. The highest BCUT2D eigenvalue weighted by Crippen LogP contribution is 2.05. The summed E-state index contributed by atoms with van der Waals surface area (Å²) in [5.74, 6) is 1.18. The summed E-state index contributed by atoms with van der Waals surface area (Å²) in [6, 6.07) is 1.83. The Morgan fingerprint density at radius 2 is 2.20 bits per heavy atom. The number of aliphatic hydroxyl groups excluding tert-OH is 1. The molecule has 0 aliphatic carbocycles. The predicted octanol–water partition coefficient (Wildman–Crippen LogP) is 0.180. The van der Waals surface area contributed by atoms with E-state index >= 15 is 0 Å². The Bertz CT molecular complexity index is 309. The highest BCUT2D eigenvalue weighted by Gasteiger charge is 2.10. The van der Waals surface area contributed by atoms with Crippen LogP contribution in [0.1, 0.15) is 18.4 Å². The summed E-state index contributed by atoms with van der Waals surface area (Å²) >= 11 is 0. The Kier molecular flexibility index (Phi) is 3.99. The van der Waals surface area contributed by atoms with E-state index in [9.17, 15) is 0 Å². The molecule has 0 aliphatic heterocycles. The number of aliphatic hydroxyl groups is 1. The summed E-state index contributed by atoms with van der Waals surface area (Å²) in [5.41, 5.74) is 6.49. The van der Waals surface area contributed by atoms with Gasteiger partial charge >= 0.3 is 0 Å². The minimum atomic E-state index is 0.0929. The Morgan fingerprint density at radius 3 is 2.73 bits per heavy atom. The summed E-state index contributed by atoms with van der Waals surface area (Å²) in [6.07, 6.45) is 0. The van der Waals surface area contributed by atoms with E-state index in [4.69, 9.17) is 10.8 Å². The Hall–Kier alpha value is -1.20. The molecule has 1 unspecified atom stereocenters. The molecule has 0 saturated carbocycles. The zero-order valence-electron chi connectivity index (χ0n) is 9.44. The number of nitrogens with two attached hydrogens (primary N) is 1. The number of rotatable bonds is 4. The lowest BCUT2D eigenvalue weighted by atomic mass is 10.3. The molecule has 5 heteroatoms. The summed E-state index contributed by atoms with van der Waals surface area (Å²) < 4.78 is 0. The highest BCUT2D eigenvalue weighted by molar-refractivity contribution is 5.29. The maximum absolute atomic E-state index is 8.99. The SMILES string of the molecule is Cc1cc(N)nc(CN(C)C(C)CO)n1. The zero-order valence-corrected chi connectivity index (χ0v) is 9.44. The van der Waals surface area contributed by atoms with Crippen molar-refractivity contribution in [2.24, 2.45) is 0 Å². The van der Waals surface area contributed by atoms with Gasteiger partial charge in [0.1, 0.15) is 11.6 Å². The minimum absolute atomic E-state index is 0.0929. The molecule has 0 amide bonds. The normalized spacial score (nSPS) is 13.1. The van der Waals surface area contributed by atoms with Gasteiger partial charge in [0.2, 0.25) is 0 Å². The second kappa shape index (κ2) is 5.04. The van der Waals surface area contributed by atoms with Crippen molar-refractivity contribution in [3.05, 3.63) is 17.6 Å². The Morgan fingerprint density at radius 1 is 1.53 bits per heavy atom. The van der Waals surface area contributed by atoms with Gasteiger partial charge in [-0.2, -0.15) is 0 Å². The number of nitrogen functional groups attached to an aromatic ring is 1. The second-order valence-corrected chi connectivity index (χ2v) is 3.80. The van der Waals surface area contributed by atoms with Gasteiger partial charge in [-0.1, -0.05) is 0 Å². The van der Waals surface area contributed by atoms with Crippen LogP contribution in [0.25, 0.3) is 0 Å². The molecule has 0 aromatic carbocycles. The minimum Gasteiger partial charge on any atom is -0.395 e. The molecular formula is C10H18N4O. The number of nitrogens with zero attached hydrogens (tertiary/aromatic N) is 3. The van der Waals surface area contributed by atoms with Crippen molar-refractivity contribution < 1.29 is 5.11 Å². The van der Waals surface area contributed by atoms with E-state index in [0.29, 0.717) is 18.2 Å². The first-order chi connectivity index (χ1) is 7.02. The van der Waals surface area contributed by atoms with E-state index in [2.05, 4.69) is 9.97 Å². The number of hydrogen-bond donors (Lipinski definition) is 2. The van der Waals surface area contributed by atoms with Gasteiger partial charge in [0.25, 0.3) is 0 Å². The molecule has 5 nitrogen and oxygen atoms in total. The van der Waals surface area contributed by atoms with Gasteiger partial charge in [0.15, 0.2) is 0 Å². The van der Waals surface area contributed by atoms with E-state index < -0.39 is 0 Å². The molecule has 84 valence electrons. The fourth-order valence-electron chi connectivity index (χ4n) is 1.25. The van der Waals surface area contributed by atoms with E-state index in [1.807, 2.05) is 25.8 Å². The molecule has 0 radical (unpaired) electrons. The van der Waals surface area contributed by atoms with Crippen LogP contribution < -0.4 is 5.73 Å². The van der Waals surface area contributed by atoms with Crippen molar-refractivity contribution in [1.82, 2.24) is 14.9 Å². The van der Waals surface area contributed by atoms with Gasteiger partial charge < -0.3 is 10.8 Å². The molecule has 1 rings (SSSR count). The largest absolute Gasteiger partial charge is 0.395 e. The summed E-state index contributed by atoms with van der Waals surface area (Å²) in [4.78, 5) is 10.4. The van der Waals surface area contributed by atoms with Crippen LogP contribution in [0, 0.1) is 6.92 Å². The topological polar surface area (TPSA) is 75.3 Å². The third kappa shape index (κ3) is 3.45. The molecule has 0 spiro atoms. The van der Waals surface area contributed by atoms with E-state index in [1.165, 1.54) is 0 Å². The molecule has 1 aromatic rings. The smallest absolute Gasteiger partial charge is 0.144 e. The summed E-state index contributed by atoms with van der Waals surface area (Å²) in [7, 11) is 1.92. The number of aryl methyl sites for hydroxylation is 1. The number of aromatic nitrogens is 2. The number of likely N-dealkylation sites (N-methyl/N-ethyl adjacent to an activating group) is 1. The lowest BCUT2D eigenvalue weighted by Crippen LogP contribution is -2.32. The van der Waals surface area contributed by atoms with Crippen LogP contribution in [0.3, 0.4) is 0 Å². The molecule has 0 aliphatic rings. The zero-order chi connectivity index (χ0) is 11.4. The molecule has 0 saturated heterocycles. The quantitative estimate of drug-likeness (QED) is 0.741. The summed E-state index contributed by atoms with van der Waals surface area (Å²) in [6.45, 7) is 4.54. The number of hydrogen-bond acceptors (Lipinski definition) is 5. The van der Waals surface area contributed by atoms with Crippen molar-refractivity contribution >= 4 is 5.82 Å². The fraction of sp³-hybridized carbons (Fsp3) is 0.600. The Balaban J connectivity index is 2.72. The standard InChI is InChI=1S/C10H18N4O/c1-7-4-9(11)13-10(12-7)5-14(3)8(2)6-15/h4,8,15H,5-6H2,1-3H3,(H2,11,12,13). The third-order valence-electron chi connectivity index (χ3n) is 2.33. The van der Waals surface area contributed by atoms with Crippen LogP contribution in [0.2, 0.25) is 0 Å². The van der Waals surface area contributed by atoms with Crippen LogP contribution >= 0.6 is 0 Å². The van der Waals surface area contributed by atoms with Crippen molar-refractivity contribution in [1.29, 1.82) is 0 Å². The van der Waals surface area contributed by atoms with Gasteiger partial charge in [0.05, 0.1) is 13.2 Å². The van der Waals surface area contributed by atoms with Gasteiger partial charge in [-0.25, -0.2) is 9.97 Å². The third-order valence-corrected chi connectivity index (χ3v) is 2.33. The first kappa shape index (κ1) is 11.9. The van der Waals surface area contributed by atoms with Gasteiger partial charge in [0, 0.05) is 17.8 Å². The van der Waals surface area contributed by atoms with Gasteiger partial charge in [-0.05, 0) is 20.9 Å². The van der Waals surface area contributed by atoms with Gasteiger partial charge in [-0.15, -0.1) is 0 Å². The molecule has 15 heavy (non-hydrogen) atoms. The molecule has 0 bridgehead atoms. The van der Waals surface area contributed by atoms with Crippen LogP contribution in [0.5, 0.6) is 0 Å². The molecular weight excluding hydrogens is 192 g/mol. The molecule has 3 N–H and O–H groups in total. The number of anilines is 1. The predicted molar refractivity (Wildman–Crippen MR) is 59.2 cm³/mol. The molecule has 1 heterocycles. The van der Waals surface area contributed by atoms with Crippen LogP contribution in [-0.2, 0) is 6.54 Å². The van der Waals surface area contributed by atoms with E-state index in [0.717, 1.165) is 5.69 Å². The van der Waals surface area contributed by atoms with Gasteiger partial charge in [-0.3, -0.25) is 4.90 Å². The summed E-state index contributed by atoms with van der Waals surface area (Å²) in [5, 5.41) is 8.99. The lowest BCUT2D eigenvalue weighted by molar-refractivity contribution is 0.151. The maximum atomic E-state index is 8.99. The first-order valence-corrected chi connectivity index (χ1v) is 4.94. The maximum Gasteiger partial charge on any atom is 0.144 e. The van der Waals surface area contributed by atoms with Crippen molar-refractivity contribution in [3.63, 3.8) is 0 Å². The molecule has 1 aromatic heterocycles. The second-order valence-electron chi connectivity index (χ2n) is 3.80. The Labute approximate surface area is 90.0 Å². The fourth-order valence-corrected chi connectivity index (χ4v) is 1.25. The van der Waals surface area contributed by atoms with E-state index in [-0.39, 0.29) is 12.6 Å². The van der Waals surface area contributed by atoms with Crippen LogP contribution in [0.4, 0.5) is 5.82 Å². The average molecular weight is 210 g/mol. The van der Waals surface area contributed by atoms with E-state index in [1.54, 1.807) is 6.07 Å². The van der Waals surface area contributed by atoms with Crippen molar-refractivity contribution in [3.8, 4) is 0 Å². The molecule has 1 atom stereocenters.